The van der Waals surface area contributed by atoms with Gasteiger partial charge in [-0.05, 0) is 106 Å². The number of aliphatic hydroxyl groups excluding tert-OH is 2. The van der Waals surface area contributed by atoms with Gasteiger partial charge in [0.25, 0.3) is 0 Å². The van der Waals surface area contributed by atoms with E-state index >= 15 is 0 Å². The number of ether oxygens (including phenoxy) is 3. The zero-order chi connectivity index (χ0) is 36.6. The molecule has 8 bridgehead atoms. The number of methoxy groups -OCH3 is 1. The van der Waals surface area contributed by atoms with Gasteiger partial charge in [0.1, 0.15) is 5.44 Å². The van der Waals surface area contributed by atoms with Crippen molar-refractivity contribution < 1.29 is 29.2 Å². The fourth-order valence-electron chi connectivity index (χ4n) is 7.64. The molecule has 274 valence electrons. The molecule has 3 aliphatic rings. The summed E-state index contributed by atoms with van der Waals surface area (Å²) in [7, 11) is 1.41. The number of rotatable bonds is 10. The van der Waals surface area contributed by atoms with E-state index in [1.165, 1.54) is 12.7 Å². The first-order valence-corrected chi connectivity index (χ1v) is 19.2. The highest BCUT2D eigenvalue weighted by Crippen LogP contribution is 2.37. The van der Waals surface area contributed by atoms with E-state index in [9.17, 15) is 15.0 Å². The summed E-state index contributed by atoms with van der Waals surface area (Å²) in [4.78, 5) is 30.7. The molecule has 3 aromatic heterocycles. The lowest BCUT2D eigenvalue weighted by Gasteiger charge is -2.31. The first kappa shape index (κ1) is 37.3. The van der Waals surface area contributed by atoms with Gasteiger partial charge in [0.05, 0.1) is 49.0 Å². The fraction of sp³-hybridized carbons (Fsp3) is 0.525. The quantitative estimate of drug-likeness (QED) is 0.126. The van der Waals surface area contributed by atoms with Gasteiger partial charge in [0, 0.05) is 64.4 Å². The molecule has 0 aliphatic carbocycles. The SMILES string of the molecule is CCc1c(C)c2cc3[nH]c(cc4nc(c(C)c5nc(cc1[nH]2)C(C)=C5C(=O)OC)CC4C)c(C)c3C(C)OCCCSC1CC(O)CC(CO)O1. The number of nitrogens with zero attached hydrogens (tertiary/aromatic N) is 2. The number of aryl methyl sites for hydroxylation is 3. The van der Waals surface area contributed by atoms with Crippen LogP contribution in [0.4, 0.5) is 0 Å². The molecule has 5 unspecified atom stereocenters. The number of fused-ring (bicyclic) bond motifs is 8. The van der Waals surface area contributed by atoms with Gasteiger partial charge >= 0.3 is 5.97 Å². The highest BCUT2D eigenvalue weighted by Gasteiger charge is 2.30. The summed E-state index contributed by atoms with van der Waals surface area (Å²) in [5.41, 5.74) is 13.9. The van der Waals surface area contributed by atoms with Gasteiger partial charge in [-0.25, -0.2) is 9.78 Å². The molecule has 6 rings (SSSR count). The van der Waals surface area contributed by atoms with Crippen molar-refractivity contribution in [3.63, 3.8) is 0 Å². The minimum Gasteiger partial charge on any atom is -0.465 e. The Morgan fingerprint density at radius 3 is 2.51 bits per heavy atom. The Labute approximate surface area is 304 Å². The van der Waals surface area contributed by atoms with Crippen molar-refractivity contribution in [2.75, 3.05) is 26.1 Å². The van der Waals surface area contributed by atoms with Crippen LogP contribution in [0.1, 0.15) is 110 Å². The van der Waals surface area contributed by atoms with Gasteiger partial charge < -0.3 is 34.4 Å². The standard InChI is InChI=1S/C40H52N4O6S/c1-9-28-21(3)31-18-35-37(25(7)49-11-10-12-51-36-15-26(46)14-27(19-45)50-36)22(4)32(43-35)16-29-20(2)13-30(41-29)24(6)39-38(40(47)48-8)23(5)33(44-39)17-34(28)42-31/h16-18,20,25-27,36,42-43,45-46H,9-15,19H2,1-8H3. The van der Waals surface area contributed by atoms with Crippen LogP contribution in [-0.4, -0.2) is 79.8 Å². The van der Waals surface area contributed by atoms with E-state index in [1.807, 2.05) is 13.8 Å². The van der Waals surface area contributed by atoms with Crippen LogP contribution in [0, 0.1) is 20.8 Å². The number of aliphatic hydroxyl groups is 2. The van der Waals surface area contributed by atoms with E-state index < -0.39 is 12.1 Å². The van der Waals surface area contributed by atoms with Crippen molar-refractivity contribution in [1.82, 2.24) is 19.9 Å². The van der Waals surface area contributed by atoms with Crippen LogP contribution in [0.5, 0.6) is 0 Å². The minimum atomic E-state index is -0.437. The highest BCUT2D eigenvalue weighted by atomic mass is 32.2. The maximum atomic E-state index is 13.1. The number of carbonyl (C=O) groups is 1. The van der Waals surface area contributed by atoms with E-state index in [0.717, 1.165) is 92.0 Å². The smallest absolute Gasteiger partial charge is 0.340 e. The predicted octanol–water partition coefficient (Wildman–Crippen LogP) is 7.31. The number of aromatic nitrogens is 4. The number of esters is 1. The second kappa shape index (κ2) is 15.6. The number of H-pyrrole nitrogens is 2. The first-order valence-electron chi connectivity index (χ1n) is 18.1. The average molecular weight is 717 g/mol. The van der Waals surface area contributed by atoms with Gasteiger partial charge in [0.2, 0.25) is 0 Å². The molecule has 4 N–H and O–H groups in total. The summed E-state index contributed by atoms with van der Waals surface area (Å²) in [6.07, 6.45) is 2.56. The van der Waals surface area contributed by atoms with E-state index in [2.05, 4.69) is 62.8 Å². The third-order valence-corrected chi connectivity index (χ3v) is 11.8. The van der Waals surface area contributed by atoms with Gasteiger partial charge in [-0.15, -0.1) is 11.8 Å². The van der Waals surface area contributed by atoms with Crippen LogP contribution >= 0.6 is 11.8 Å². The summed E-state index contributed by atoms with van der Waals surface area (Å²) in [6, 6.07) is 6.39. The number of hydrogen-bond acceptors (Lipinski definition) is 9. The van der Waals surface area contributed by atoms with Gasteiger partial charge in [-0.1, -0.05) is 13.8 Å². The van der Waals surface area contributed by atoms with E-state index in [0.29, 0.717) is 30.7 Å². The molecular weight excluding hydrogens is 665 g/mol. The molecule has 10 nitrogen and oxygen atoms in total. The number of nitrogens with one attached hydrogen (secondary N) is 2. The second-order valence-electron chi connectivity index (χ2n) is 14.1. The Morgan fingerprint density at radius 1 is 1.04 bits per heavy atom. The molecule has 1 saturated heterocycles. The zero-order valence-corrected chi connectivity index (χ0v) is 31.9. The van der Waals surface area contributed by atoms with Crippen molar-refractivity contribution >= 4 is 50.9 Å². The largest absolute Gasteiger partial charge is 0.465 e. The van der Waals surface area contributed by atoms with Gasteiger partial charge in [0.15, 0.2) is 0 Å². The number of allylic oxidation sites excluding steroid dienone is 1. The lowest BCUT2D eigenvalue weighted by Crippen LogP contribution is -2.36. The maximum absolute atomic E-state index is 13.1. The molecule has 11 heteroatoms. The zero-order valence-electron chi connectivity index (χ0n) is 31.1. The lowest BCUT2D eigenvalue weighted by molar-refractivity contribution is -0.133. The molecule has 0 aromatic carbocycles. The van der Waals surface area contributed by atoms with E-state index in [4.69, 9.17) is 24.2 Å². The Morgan fingerprint density at radius 2 is 1.78 bits per heavy atom. The molecular formula is C40H52N4O6S. The third kappa shape index (κ3) is 7.55. The molecule has 3 aromatic rings. The Bertz CT molecular complexity index is 2000. The van der Waals surface area contributed by atoms with Crippen molar-refractivity contribution in [1.29, 1.82) is 0 Å². The van der Waals surface area contributed by atoms with E-state index in [1.54, 1.807) is 11.8 Å². The second-order valence-corrected chi connectivity index (χ2v) is 15.4. The summed E-state index contributed by atoms with van der Waals surface area (Å²) in [5.74, 6) is 0.620. The molecule has 0 saturated carbocycles. The highest BCUT2D eigenvalue weighted by molar-refractivity contribution is 7.99. The van der Waals surface area contributed by atoms with Crippen LogP contribution in [0.2, 0.25) is 0 Å². The number of thioether (sulfide) groups is 1. The number of hydrogen-bond donors (Lipinski definition) is 4. The Balaban J connectivity index is 1.42. The molecule has 3 aliphatic heterocycles. The van der Waals surface area contributed by atoms with Crippen LogP contribution in [0.15, 0.2) is 18.2 Å². The van der Waals surface area contributed by atoms with Gasteiger partial charge in [-0.2, -0.15) is 0 Å². The molecule has 1 fully saturated rings. The first-order chi connectivity index (χ1) is 24.4. The van der Waals surface area contributed by atoms with Crippen LogP contribution < -0.4 is 0 Å². The third-order valence-electron chi connectivity index (χ3n) is 10.6. The molecule has 51 heavy (non-hydrogen) atoms. The summed E-state index contributed by atoms with van der Waals surface area (Å²) in [5, 5.41) is 19.7. The fourth-order valence-corrected chi connectivity index (χ4v) is 8.78. The van der Waals surface area contributed by atoms with E-state index in [-0.39, 0.29) is 30.2 Å². The minimum absolute atomic E-state index is 0.0711. The molecule has 0 amide bonds. The lowest BCUT2D eigenvalue weighted by atomic mass is 9.99. The van der Waals surface area contributed by atoms with Crippen molar-refractivity contribution in [2.45, 2.75) is 110 Å². The van der Waals surface area contributed by atoms with Crippen molar-refractivity contribution in [3.8, 4) is 0 Å². The monoisotopic (exact) mass is 716 g/mol. The van der Waals surface area contributed by atoms with Crippen molar-refractivity contribution in [3.05, 3.63) is 68.8 Å². The predicted molar refractivity (Wildman–Crippen MR) is 204 cm³/mol. The number of carbonyl (C=O) groups excluding carboxylic acids is 1. The molecule has 6 heterocycles. The Hall–Kier alpha value is -3.48. The summed E-state index contributed by atoms with van der Waals surface area (Å²) < 4.78 is 17.6. The average Bonchev–Trinajstić information content (AvgIpc) is 3.81. The molecule has 0 spiro atoms. The van der Waals surface area contributed by atoms with Crippen LogP contribution in [-0.2, 0) is 31.8 Å². The molecule has 5 atom stereocenters. The maximum Gasteiger partial charge on any atom is 0.340 e. The van der Waals surface area contributed by atoms with Gasteiger partial charge in [-0.3, -0.25) is 4.98 Å². The number of aromatic amines is 2. The Kier molecular flexibility index (Phi) is 11.4. The summed E-state index contributed by atoms with van der Waals surface area (Å²) in [6.45, 7) is 15.2. The van der Waals surface area contributed by atoms with Crippen LogP contribution in [0.3, 0.4) is 0 Å². The normalized spacial score (nSPS) is 21.3. The van der Waals surface area contributed by atoms with Crippen molar-refractivity contribution in [2.24, 2.45) is 0 Å². The van der Waals surface area contributed by atoms with Crippen LogP contribution in [0.25, 0.3) is 33.2 Å². The molecule has 0 radical (unpaired) electrons. The topological polar surface area (TPSA) is 143 Å². The summed E-state index contributed by atoms with van der Waals surface area (Å²) >= 11 is 1.67.